The average molecular weight is 358 g/mol. The number of aromatic nitrogens is 6. The molecule has 0 aliphatic rings. The molecule has 0 aromatic carbocycles. The number of allylic oxidation sites excluding steroid dienone is 2. The molecule has 140 valence electrons. The van der Waals surface area contributed by atoms with E-state index in [1.54, 1.807) is 29.4 Å². The van der Waals surface area contributed by atoms with Gasteiger partial charge in [-0.25, -0.2) is 13.9 Å². The van der Waals surface area contributed by atoms with E-state index in [-0.39, 0.29) is 0 Å². The number of fused-ring (bicyclic) bond motifs is 1. The van der Waals surface area contributed by atoms with Crippen molar-refractivity contribution in [1.82, 2.24) is 29.4 Å². The average Bonchev–Trinajstić information content (AvgIpc) is 3.35. The van der Waals surface area contributed by atoms with Crippen LogP contribution in [0.4, 0.5) is 4.39 Å². The summed E-state index contributed by atoms with van der Waals surface area (Å²) in [4.78, 5) is 4.03. The zero-order valence-electron chi connectivity index (χ0n) is 15.7. The van der Waals surface area contributed by atoms with Gasteiger partial charge in [0.25, 0.3) is 0 Å². The molecule has 3 heterocycles. The summed E-state index contributed by atoms with van der Waals surface area (Å²) in [5.74, 6) is 0. The topological polar surface area (TPSA) is 60.9 Å². The van der Waals surface area contributed by atoms with Gasteiger partial charge in [0.1, 0.15) is 6.33 Å². The first-order chi connectivity index (χ1) is 12.8. The fraction of sp³-hybridized carbons (Fsp3) is 0.368. The van der Waals surface area contributed by atoms with Gasteiger partial charge in [0.2, 0.25) is 0 Å². The maximum atomic E-state index is 11.1. The summed E-state index contributed by atoms with van der Waals surface area (Å²) in [5.41, 5.74) is 3.01. The molecule has 0 unspecified atom stereocenters. The first-order valence-electron chi connectivity index (χ1n) is 8.79. The minimum Gasteiger partial charge on any atom is -0.331 e. The Morgan fingerprint density at radius 1 is 1.23 bits per heavy atom. The summed E-state index contributed by atoms with van der Waals surface area (Å²) in [6.07, 6.45) is 13.5. The molecule has 0 atom stereocenters. The normalized spacial score (nSPS) is 10.2. The molecule has 0 amide bonds. The van der Waals surface area contributed by atoms with Crippen molar-refractivity contribution in [3.8, 4) is 0 Å². The largest absolute Gasteiger partial charge is 0.331 e. The zero-order valence-corrected chi connectivity index (χ0v) is 15.7. The molecule has 3 aromatic heterocycles. The standard InChI is InChI=1S/C11H12N6.C6H9F.C2H6/c1-2-9-5-11-14-13-8-17(11)15-10(9)6-16-4-3-12-7-16;1-2-3-4-5-6-7;1-2/h3-5,7-8H,2,6H2,1H3;2,5-6H,1,3-4H2;1-2H3/b;6-5+;. The monoisotopic (exact) mass is 358 g/mol. The summed E-state index contributed by atoms with van der Waals surface area (Å²) in [6.45, 7) is 10.3. The first kappa shape index (κ1) is 21.2. The molecule has 0 N–H and O–H groups in total. The molecule has 3 rings (SSSR count). The number of halogens is 1. The summed E-state index contributed by atoms with van der Waals surface area (Å²) in [6, 6.07) is 2.03. The number of hydrogen-bond acceptors (Lipinski definition) is 4. The van der Waals surface area contributed by atoms with Crippen molar-refractivity contribution in [3.63, 3.8) is 0 Å². The number of rotatable bonds is 6. The van der Waals surface area contributed by atoms with E-state index < -0.39 is 0 Å². The lowest BCUT2D eigenvalue weighted by Crippen LogP contribution is -2.07. The van der Waals surface area contributed by atoms with Crippen molar-refractivity contribution in [1.29, 1.82) is 0 Å². The van der Waals surface area contributed by atoms with Gasteiger partial charge in [0.15, 0.2) is 5.65 Å². The minimum absolute atomic E-state index is 0.559. The Kier molecular flexibility index (Phi) is 10.2. The van der Waals surface area contributed by atoms with Gasteiger partial charge in [-0.1, -0.05) is 32.9 Å². The molecule has 0 saturated carbocycles. The van der Waals surface area contributed by atoms with Crippen LogP contribution >= 0.6 is 0 Å². The second-order valence-electron chi connectivity index (χ2n) is 5.07. The third-order valence-electron chi connectivity index (χ3n) is 3.36. The van der Waals surface area contributed by atoms with Crippen LogP contribution in [-0.4, -0.2) is 29.4 Å². The molecular weight excluding hydrogens is 331 g/mol. The van der Waals surface area contributed by atoms with E-state index in [1.807, 2.05) is 30.7 Å². The quantitative estimate of drug-likeness (QED) is 0.484. The molecule has 0 spiro atoms. The highest BCUT2D eigenvalue weighted by Gasteiger charge is 2.07. The summed E-state index contributed by atoms with van der Waals surface area (Å²) in [5, 5.41) is 12.4. The van der Waals surface area contributed by atoms with Gasteiger partial charge in [-0.2, -0.15) is 5.10 Å². The van der Waals surface area contributed by atoms with Crippen molar-refractivity contribution in [2.24, 2.45) is 0 Å². The van der Waals surface area contributed by atoms with E-state index in [0.717, 1.165) is 37.1 Å². The Morgan fingerprint density at radius 3 is 2.65 bits per heavy atom. The van der Waals surface area contributed by atoms with Gasteiger partial charge >= 0.3 is 0 Å². The van der Waals surface area contributed by atoms with Crippen molar-refractivity contribution >= 4 is 5.65 Å². The molecule has 7 heteroatoms. The SMILES string of the molecule is C=CCC/C=C/F.CC.CCc1cc2nncn2nc1Cn1ccnc1. The number of imidazole rings is 1. The molecular formula is C19H27FN6. The summed E-state index contributed by atoms with van der Waals surface area (Å²) >= 11 is 0. The van der Waals surface area contributed by atoms with Crippen molar-refractivity contribution in [3.05, 3.63) is 67.4 Å². The van der Waals surface area contributed by atoms with Crippen molar-refractivity contribution in [2.75, 3.05) is 0 Å². The van der Waals surface area contributed by atoms with E-state index in [2.05, 4.69) is 33.8 Å². The molecule has 0 fully saturated rings. The molecule has 0 aliphatic carbocycles. The second kappa shape index (κ2) is 12.5. The van der Waals surface area contributed by atoms with Crippen LogP contribution in [0.2, 0.25) is 0 Å². The lowest BCUT2D eigenvalue weighted by atomic mass is 10.1. The lowest BCUT2D eigenvalue weighted by molar-refractivity contribution is 0.713. The molecule has 3 aromatic rings. The van der Waals surface area contributed by atoms with E-state index in [9.17, 15) is 4.39 Å². The summed E-state index contributed by atoms with van der Waals surface area (Å²) < 4.78 is 14.8. The number of aryl methyl sites for hydroxylation is 1. The fourth-order valence-corrected chi connectivity index (χ4v) is 2.11. The Bertz CT molecular complexity index is 777. The van der Waals surface area contributed by atoms with Crippen LogP contribution < -0.4 is 0 Å². The maximum Gasteiger partial charge on any atom is 0.177 e. The maximum absolute atomic E-state index is 11.1. The van der Waals surface area contributed by atoms with Crippen LogP contribution in [0, 0.1) is 0 Å². The van der Waals surface area contributed by atoms with E-state index in [4.69, 9.17) is 0 Å². The highest BCUT2D eigenvalue weighted by atomic mass is 19.1. The molecule has 26 heavy (non-hydrogen) atoms. The van der Waals surface area contributed by atoms with Crippen molar-refractivity contribution in [2.45, 2.75) is 46.6 Å². The predicted molar refractivity (Wildman–Crippen MR) is 103 cm³/mol. The van der Waals surface area contributed by atoms with Crippen LogP contribution in [0.3, 0.4) is 0 Å². The van der Waals surface area contributed by atoms with E-state index >= 15 is 0 Å². The minimum atomic E-state index is 0.559. The highest BCUT2D eigenvalue weighted by molar-refractivity contribution is 5.40. The second-order valence-corrected chi connectivity index (χ2v) is 5.07. The number of hydrogen-bond donors (Lipinski definition) is 0. The number of nitrogens with zero attached hydrogens (tertiary/aromatic N) is 6. The van der Waals surface area contributed by atoms with Crippen molar-refractivity contribution < 1.29 is 4.39 Å². The zero-order chi connectivity index (χ0) is 19.2. The fourth-order valence-electron chi connectivity index (χ4n) is 2.11. The summed E-state index contributed by atoms with van der Waals surface area (Å²) in [7, 11) is 0. The van der Waals surface area contributed by atoms with Gasteiger partial charge in [-0.15, -0.1) is 16.8 Å². The van der Waals surface area contributed by atoms with Gasteiger partial charge in [-0.3, -0.25) is 0 Å². The first-order valence-corrected chi connectivity index (χ1v) is 8.79. The third kappa shape index (κ3) is 6.58. The molecule has 0 aliphatic heterocycles. The number of unbranched alkanes of at least 4 members (excludes halogenated alkanes) is 1. The molecule has 0 radical (unpaired) electrons. The third-order valence-corrected chi connectivity index (χ3v) is 3.36. The van der Waals surface area contributed by atoms with Crippen LogP contribution in [0.25, 0.3) is 5.65 Å². The Labute approximate surface area is 154 Å². The molecule has 0 saturated heterocycles. The van der Waals surface area contributed by atoms with Crippen LogP contribution in [0.5, 0.6) is 0 Å². The van der Waals surface area contributed by atoms with E-state index in [1.165, 1.54) is 11.6 Å². The smallest absolute Gasteiger partial charge is 0.177 e. The Hall–Kier alpha value is -2.83. The van der Waals surface area contributed by atoms with Gasteiger partial charge in [0, 0.05) is 12.4 Å². The Balaban J connectivity index is 0.000000321. The van der Waals surface area contributed by atoms with Gasteiger partial charge in [-0.05, 0) is 30.9 Å². The van der Waals surface area contributed by atoms with Gasteiger partial charge < -0.3 is 4.57 Å². The van der Waals surface area contributed by atoms with Crippen LogP contribution in [0.15, 0.2) is 56.2 Å². The van der Waals surface area contributed by atoms with Crippen LogP contribution in [0.1, 0.15) is 44.9 Å². The van der Waals surface area contributed by atoms with Gasteiger partial charge in [0.05, 0.1) is 24.9 Å². The van der Waals surface area contributed by atoms with Crippen LogP contribution in [-0.2, 0) is 13.0 Å². The Morgan fingerprint density at radius 2 is 2.04 bits per heavy atom. The highest BCUT2D eigenvalue weighted by Crippen LogP contribution is 2.11. The lowest BCUT2D eigenvalue weighted by Gasteiger charge is -2.07. The molecule has 6 nitrogen and oxygen atoms in total. The molecule has 0 bridgehead atoms. The predicted octanol–water partition coefficient (Wildman–Crippen LogP) is 4.39. The van der Waals surface area contributed by atoms with E-state index in [0.29, 0.717) is 6.33 Å².